The first kappa shape index (κ1) is 20.0. The summed E-state index contributed by atoms with van der Waals surface area (Å²) < 4.78 is 41.2. The number of aromatic nitrogens is 2. The van der Waals surface area contributed by atoms with Crippen LogP contribution in [-0.2, 0) is 6.18 Å². The van der Waals surface area contributed by atoms with Gasteiger partial charge in [0.1, 0.15) is 0 Å². The Labute approximate surface area is 164 Å². The first-order valence-corrected chi connectivity index (χ1v) is 9.62. The zero-order valence-electron chi connectivity index (χ0n) is 15.5. The second-order valence-electron chi connectivity index (χ2n) is 6.22. The predicted octanol–water partition coefficient (Wildman–Crippen LogP) is 5.48. The average molecular weight is 405 g/mol. The lowest BCUT2D eigenvalue weighted by atomic mass is 10.1. The topological polar surface area (TPSA) is 46.9 Å². The molecule has 8 heteroatoms. The van der Waals surface area contributed by atoms with Crippen molar-refractivity contribution in [2.45, 2.75) is 24.9 Å². The predicted molar refractivity (Wildman–Crippen MR) is 104 cm³/mol. The van der Waals surface area contributed by atoms with Crippen LogP contribution in [0.2, 0.25) is 0 Å². The first-order valence-electron chi connectivity index (χ1n) is 8.40. The average Bonchev–Trinajstić information content (AvgIpc) is 2.98. The minimum absolute atomic E-state index is 0.0435. The molecule has 0 atom stereocenters. The highest BCUT2D eigenvalue weighted by Crippen LogP contribution is 2.34. The Kier molecular flexibility index (Phi) is 5.51. The van der Waals surface area contributed by atoms with Crippen LogP contribution < -0.4 is 5.32 Å². The van der Waals surface area contributed by atoms with E-state index in [1.54, 1.807) is 38.1 Å². The Balaban J connectivity index is 2.09. The van der Waals surface area contributed by atoms with Gasteiger partial charge in [-0.3, -0.25) is 4.79 Å². The Morgan fingerprint density at radius 2 is 1.82 bits per heavy atom. The molecule has 1 N–H and O–H groups in total. The molecule has 0 unspecified atom stereocenters. The molecule has 0 aliphatic rings. The van der Waals surface area contributed by atoms with Gasteiger partial charge in [0, 0.05) is 10.6 Å². The Morgan fingerprint density at radius 3 is 2.43 bits per heavy atom. The molecule has 0 saturated carbocycles. The number of carbonyl (C=O) groups excluding carboxylic acids is 1. The SMILES string of the molecule is CSc1ccccc1C(=O)Nc1cc(C(F)(F)F)ccc1-n1nc(C)cc1C. The van der Waals surface area contributed by atoms with E-state index >= 15 is 0 Å². The molecule has 0 aliphatic carbocycles. The summed E-state index contributed by atoms with van der Waals surface area (Å²) in [6, 6.07) is 12.0. The molecule has 0 aliphatic heterocycles. The fraction of sp³-hybridized carbons (Fsp3) is 0.200. The van der Waals surface area contributed by atoms with E-state index in [2.05, 4.69) is 10.4 Å². The number of amides is 1. The molecule has 0 saturated heterocycles. The largest absolute Gasteiger partial charge is 0.416 e. The van der Waals surface area contributed by atoms with Crippen LogP contribution in [0.4, 0.5) is 18.9 Å². The second-order valence-corrected chi connectivity index (χ2v) is 7.07. The summed E-state index contributed by atoms with van der Waals surface area (Å²) in [4.78, 5) is 13.5. The van der Waals surface area contributed by atoms with Gasteiger partial charge in [0.15, 0.2) is 0 Å². The Hall–Kier alpha value is -2.74. The number of nitrogens with zero attached hydrogens (tertiary/aromatic N) is 2. The summed E-state index contributed by atoms with van der Waals surface area (Å²) >= 11 is 1.39. The van der Waals surface area contributed by atoms with Gasteiger partial charge >= 0.3 is 6.18 Å². The van der Waals surface area contributed by atoms with Crippen molar-refractivity contribution in [2.24, 2.45) is 0 Å². The van der Waals surface area contributed by atoms with Crippen LogP contribution in [-0.4, -0.2) is 21.9 Å². The molecule has 1 aromatic heterocycles. The van der Waals surface area contributed by atoms with Gasteiger partial charge in [0.2, 0.25) is 0 Å². The Morgan fingerprint density at radius 1 is 1.11 bits per heavy atom. The van der Waals surface area contributed by atoms with Crippen molar-refractivity contribution < 1.29 is 18.0 Å². The van der Waals surface area contributed by atoms with E-state index in [4.69, 9.17) is 0 Å². The van der Waals surface area contributed by atoms with Crippen LogP contribution in [0.25, 0.3) is 5.69 Å². The van der Waals surface area contributed by atoms with Gasteiger partial charge in [-0.2, -0.15) is 18.3 Å². The lowest BCUT2D eigenvalue weighted by Crippen LogP contribution is -2.17. The highest BCUT2D eigenvalue weighted by Gasteiger charge is 2.31. The van der Waals surface area contributed by atoms with Crippen molar-refractivity contribution in [3.63, 3.8) is 0 Å². The van der Waals surface area contributed by atoms with Gasteiger partial charge in [0.05, 0.1) is 28.2 Å². The van der Waals surface area contributed by atoms with Gasteiger partial charge in [-0.25, -0.2) is 4.68 Å². The monoisotopic (exact) mass is 405 g/mol. The summed E-state index contributed by atoms with van der Waals surface area (Å²) in [5.74, 6) is -0.480. The molecule has 0 fully saturated rings. The molecule has 1 heterocycles. The van der Waals surface area contributed by atoms with Crippen molar-refractivity contribution >= 4 is 23.4 Å². The standard InChI is InChI=1S/C20H18F3N3OS/c1-12-10-13(2)26(25-12)17-9-8-14(20(21,22)23)11-16(17)24-19(27)15-6-4-5-7-18(15)28-3/h4-11H,1-3H3,(H,24,27). The van der Waals surface area contributed by atoms with Crippen molar-refractivity contribution in [3.8, 4) is 5.69 Å². The number of thioether (sulfide) groups is 1. The number of hydrogen-bond acceptors (Lipinski definition) is 3. The smallest absolute Gasteiger partial charge is 0.320 e. The van der Waals surface area contributed by atoms with E-state index in [1.165, 1.54) is 22.5 Å². The van der Waals surface area contributed by atoms with Crippen LogP contribution in [0, 0.1) is 13.8 Å². The lowest BCUT2D eigenvalue weighted by Gasteiger charge is -2.16. The Bertz CT molecular complexity index is 1030. The second kappa shape index (κ2) is 7.71. The zero-order valence-corrected chi connectivity index (χ0v) is 16.3. The summed E-state index contributed by atoms with van der Waals surface area (Å²) in [5, 5.41) is 6.96. The number of carbonyl (C=O) groups is 1. The normalized spacial score (nSPS) is 11.5. The molecule has 28 heavy (non-hydrogen) atoms. The van der Waals surface area contributed by atoms with E-state index in [0.717, 1.165) is 28.4 Å². The number of hydrogen-bond donors (Lipinski definition) is 1. The highest BCUT2D eigenvalue weighted by molar-refractivity contribution is 7.98. The molecule has 146 valence electrons. The lowest BCUT2D eigenvalue weighted by molar-refractivity contribution is -0.137. The molecular formula is C20H18F3N3OS. The third-order valence-corrected chi connectivity index (χ3v) is 4.96. The van der Waals surface area contributed by atoms with Crippen molar-refractivity contribution in [3.05, 3.63) is 71.0 Å². The molecule has 1 amide bonds. The number of anilines is 1. The van der Waals surface area contributed by atoms with Crippen LogP contribution in [0.15, 0.2) is 53.4 Å². The van der Waals surface area contributed by atoms with E-state index in [1.807, 2.05) is 12.3 Å². The number of aryl methyl sites for hydroxylation is 2. The summed E-state index contributed by atoms with van der Waals surface area (Å²) in [6.45, 7) is 3.59. The number of rotatable bonds is 4. The number of nitrogens with one attached hydrogen (secondary N) is 1. The van der Waals surface area contributed by atoms with E-state index in [0.29, 0.717) is 11.3 Å². The van der Waals surface area contributed by atoms with Gasteiger partial charge in [0.25, 0.3) is 5.91 Å². The van der Waals surface area contributed by atoms with E-state index in [-0.39, 0.29) is 5.69 Å². The number of benzene rings is 2. The number of halogens is 3. The molecule has 3 aromatic rings. The zero-order chi connectivity index (χ0) is 20.5. The maximum Gasteiger partial charge on any atom is 0.416 e. The quantitative estimate of drug-likeness (QED) is 0.585. The fourth-order valence-corrected chi connectivity index (χ4v) is 3.49. The van der Waals surface area contributed by atoms with E-state index in [9.17, 15) is 18.0 Å². The van der Waals surface area contributed by atoms with Gasteiger partial charge in [-0.15, -0.1) is 11.8 Å². The van der Waals surface area contributed by atoms with Crippen molar-refractivity contribution in [2.75, 3.05) is 11.6 Å². The number of alkyl halides is 3. The van der Waals surface area contributed by atoms with Crippen LogP contribution >= 0.6 is 11.8 Å². The summed E-state index contributed by atoms with van der Waals surface area (Å²) in [7, 11) is 0. The summed E-state index contributed by atoms with van der Waals surface area (Å²) in [5.41, 5.74) is 1.44. The van der Waals surface area contributed by atoms with Crippen LogP contribution in [0.3, 0.4) is 0 Å². The van der Waals surface area contributed by atoms with Gasteiger partial charge in [-0.05, 0) is 56.5 Å². The molecule has 4 nitrogen and oxygen atoms in total. The molecule has 0 radical (unpaired) electrons. The molecule has 2 aromatic carbocycles. The van der Waals surface area contributed by atoms with Gasteiger partial charge < -0.3 is 5.32 Å². The third kappa shape index (κ3) is 4.06. The van der Waals surface area contributed by atoms with Crippen molar-refractivity contribution in [1.29, 1.82) is 0 Å². The summed E-state index contributed by atoms with van der Waals surface area (Å²) in [6.07, 6.45) is -2.69. The van der Waals surface area contributed by atoms with Crippen LogP contribution in [0.5, 0.6) is 0 Å². The first-order chi connectivity index (χ1) is 13.2. The molecule has 0 bridgehead atoms. The van der Waals surface area contributed by atoms with Gasteiger partial charge in [-0.1, -0.05) is 12.1 Å². The fourth-order valence-electron chi connectivity index (χ4n) is 2.89. The minimum Gasteiger partial charge on any atom is -0.320 e. The maximum atomic E-state index is 13.2. The maximum absolute atomic E-state index is 13.2. The molecular weight excluding hydrogens is 387 g/mol. The third-order valence-electron chi connectivity index (χ3n) is 4.16. The van der Waals surface area contributed by atoms with E-state index < -0.39 is 17.6 Å². The van der Waals surface area contributed by atoms with Crippen LogP contribution in [0.1, 0.15) is 27.3 Å². The highest BCUT2D eigenvalue weighted by atomic mass is 32.2. The minimum atomic E-state index is -4.52. The van der Waals surface area contributed by atoms with Crippen molar-refractivity contribution in [1.82, 2.24) is 9.78 Å². The molecule has 3 rings (SSSR count). The molecule has 0 spiro atoms.